The van der Waals surface area contributed by atoms with Gasteiger partial charge in [-0.2, -0.15) is 0 Å². The van der Waals surface area contributed by atoms with Crippen molar-refractivity contribution < 1.29 is 13.2 Å². The first-order valence-electron chi connectivity index (χ1n) is 9.63. The molecule has 0 saturated carbocycles. The quantitative estimate of drug-likeness (QED) is 0.596. The van der Waals surface area contributed by atoms with Gasteiger partial charge in [0.15, 0.2) is 15.0 Å². The zero-order chi connectivity index (χ0) is 20.4. The maximum absolute atomic E-state index is 13.0. The number of hydrogen-bond donors (Lipinski definition) is 0. The average Bonchev–Trinajstić information content (AvgIpc) is 3.24. The Labute approximate surface area is 175 Å². The second-order valence-corrected chi connectivity index (χ2v) is 10.4. The molecule has 0 spiro atoms. The lowest BCUT2D eigenvalue weighted by atomic mass is 10.1. The third-order valence-corrected chi connectivity index (χ3v) is 8.56. The largest absolute Gasteiger partial charge is 0.497 e. The normalized spacial score (nSPS) is 15.4. The molecule has 1 aliphatic heterocycles. The highest BCUT2D eigenvalue weighted by Gasteiger charge is 2.32. The standard InChI is InChI=1S/C22H24N2O3S2/c1-16-3-5-17(6-4-16)21-15-28-22(23-21)24-13-11-20(12-14-24)29(25,26)19-9-7-18(27-2)8-10-19/h3-10,15,20H,11-14H2,1-2H3. The average molecular weight is 429 g/mol. The summed E-state index contributed by atoms with van der Waals surface area (Å²) < 4.78 is 31.1. The molecular weight excluding hydrogens is 404 g/mol. The van der Waals surface area contributed by atoms with E-state index in [0.717, 1.165) is 16.4 Å². The summed E-state index contributed by atoms with van der Waals surface area (Å²) in [5.74, 6) is 0.659. The fraction of sp³-hybridized carbons (Fsp3) is 0.318. The van der Waals surface area contributed by atoms with E-state index < -0.39 is 9.84 Å². The van der Waals surface area contributed by atoms with E-state index in [1.54, 1.807) is 42.7 Å². The number of methoxy groups -OCH3 is 1. The van der Waals surface area contributed by atoms with Crippen LogP contribution in [0.25, 0.3) is 11.3 Å². The van der Waals surface area contributed by atoms with Gasteiger partial charge in [0.25, 0.3) is 0 Å². The highest BCUT2D eigenvalue weighted by atomic mass is 32.2. The molecule has 0 amide bonds. The van der Waals surface area contributed by atoms with E-state index in [1.807, 2.05) is 0 Å². The first-order chi connectivity index (χ1) is 14.0. The number of thiazole rings is 1. The Bertz CT molecular complexity index is 1070. The summed E-state index contributed by atoms with van der Waals surface area (Å²) in [6.07, 6.45) is 1.21. The van der Waals surface area contributed by atoms with Crippen LogP contribution in [0.5, 0.6) is 5.75 Å². The van der Waals surface area contributed by atoms with Crippen LogP contribution in [0.2, 0.25) is 0 Å². The number of piperidine rings is 1. The van der Waals surface area contributed by atoms with Gasteiger partial charge in [-0.1, -0.05) is 29.8 Å². The number of hydrogen-bond acceptors (Lipinski definition) is 6. The van der Waals surface area contributed by atoms with Crippen LogP contribution < -0.4 is 9.64 Å². The van der Waals surface area contributed by atoms with Crippen molar-refractivity contribution in [2.45, 2.75) is 29.9 Å². The first-order valence-corrected chi connectivity index (χ1v) is 12.1. The van der Waals surface area contributed by atoms with Gasteiger partial charge >= 0.3 is 0 Å². The molecule has 29 heavy (non-hydrogen) atoms. The van der Waals surface area contributed by atoms with Crippen molar-refractivity contribution >= 4 is 26.3 Å². The molecule has 0 N–H and O–H groups in total. The van der Waals surface area contributed by atoms with Crippen LogP contribution in [0.15, 0.2) is 58.8 Å². The lowest BCUT2D eigenvalue weighted by molar-refractivity contribution is 0.414. The minimum atomic E-state index is -3.33. The fourth-order valence-electron chi connectivity index (χ4n) is 3.58. The van der Waals surface area contributed by atoms with Crippen LogP contribution in [-0.4, -0.2) is 38.9 Å². The predicted octanol–water partition coefficient (Wildman–Crippen LogP) is 4.57. The van der Waals surface area contributed by atoms with Crippen LogP contribution in [0.1, 0.15) is 18.4 Å². The number of nitrogens with zero attached hydrogens (tertiary/aromatic N) is 2. The maximum atomic E-state index is 13.0. The minimum Gasteiger partial charge on any atom is -0.497 e. The molecule has 1 saturated heterocycles. The third kappa shape index (κ3) is 4.16. The summed E-state index contributed by atoms with van der Waals surface area (Å²) in [7, 11) is -1.76. The van der Waals surface area contributed by atoms with E-state index in [0.29, 0.717) is 36.6 Å². The monoisotopic (exact) mass is 428 g/mol. The van der Waals surface area contributed by atoms with Gasteiger partial charge in [0.1, 0.15) is 5.75 Å². The number of ether oxygens (including phenoxy) is 1. The van der Waals surface area contributed by atoms with Crippen molar-refractivity contribution in [1.82, 2.24) is 4.98 Å². The predicted molar refractivity (Wildman–Crippen MR) is 118 cm³/mol. The molecule has 0 radical (unpaired) electrons. The molecule has 0 unspecified atom stereocenters. The van der Waals surface area contributed by atoms with Crippen molar-refractivity contribution in [1.29, 1.82) is 0 Å². The molecule has 4 rings (SSSR count). The molecule has 1 aromatic heterocycles. The van der Waals surface area contributed by atoms with Crippen LogP contribution in [0, 0.1) is 6.92 Å². The SMILES string of the molecule is COc1ccc(S(=O)(=O)C2CCN(c3nc(-c4ccc(C)cc4)cs3)CC2)cc1. The van der Waals surface area contributed by atoms with Crippen LogP contribution >= 0.6 is 11.3 Å². The Morgan fingerprint density at radius 3 is 2.31 bits per heavy atom. The van der Waals surface area contributed by atoms with Gasteiger partial charge < -0.3 is 9.64 Å². The summed E-state index contributed by atoms with van der Waals surface area (Å²) in [6, 6.07) is 15.0. The summed E-state index contributed by atoms with van der Waals surface area (Å²) in [5.41, 5.74) is 3.30. The first kappa shape index (κ1) is 19.9. The van der Waals surface area contributed by atoms with Crippen LogP contribution in [0.4, 0.5) is 5.13 Å². The topological polar surface area (TPSA) is 59.5 Å². The maximum Gasteiger partial charge on any atom is 0.185 e. The van der Waals surface area contributed by atoms with Crippen molar-refractivity contribution in [3.05, 3.63) is 59.5 Å². The van der Waals surface area contributed by atoms with Gasteiger partial charge in [0, 0.05) is 24.0 Å². The summed E-state index contributed by atoms with van der Waals surface area (Å²) in [6.45, 7) is 3.46. The van der Waals surface area contributed by atoms with E-state index in [9.17, 15) is 8.42 Å². The Kier molecular flexibility index (Phi) is 5.61. The Balaban J connectivity index is 1.43. The molecule has 0 aliphatic carbocycles. The van der Waals surface area contributed by atoms with Crippen molar-refractivity contribution in [3.63, 3.8) is 0 Å². The van der Waals surface area contributed by atoms with Crippen molar-refractivity contribution in [2.24, 2.45) is 0 Å². The molecule has 1 fully saturated rings. The van der Waals surface area contributed by atoms with E-state index >= 15 is 0 Å². The second-order valence-electron chi connectivity index (χ2n) is 7.29. The number of sulfone groups is 1. The highest BCUT2D eigenvalue weighted by molar-refractivity contribution is 7.92. The van der Waals surface area contributed by atoms with Gasteiger partial charge in [-0.25, -0.2) is 13.4 Å². The number of aromatic nitrogens is 1. The number of benzene rings is 2. The lowest BCUT2D eigenvalue weighted by Gasteiger charge is -2.31. The Morgan fingerprint density at radius 2 is 1.69 bits per heavy atom. The summed E-state index contributed by atoms with van der Waals surface area (Å²) >= 11 is 1.62. The van der Waals surface area contributed by atoms with Gasteiger partial charge in [-0.3, -0.25) is 0 Å². The molecule has 2 aromatic carbocycles. The van der Waals surface area contributed by atoms with Gasteiger partial charge in [-0.15, -0.1) is 11.3 Å². The van der Waals surface area contributed by atoms with Crippen molar-refractivity contribution in [3.8, 4) is 17.0 Å². The highest BCUT2D eigenvalue weighted by Crippen LogP contribution is 2.32. The number of aryl methyl sites for hydroxylation is 1. The van der Waals surface area contributed by atoms with E-state index in [1.165, 1.54) is 5.56 Å². The van der Waals surface area contributed by atoms with Gasteiger partial charge in [-0.05, 0) is 44.0 Å². The molecule has 7 heteroatoms. The van der Waals surface area contributed by atoms with Gasteiger partial charge in [0.2, 0.25) is 0 Å². The number of rotatable bonds is 5. The second kappa shape index (κ2) is 8.16. The Morgan fingerprint density at radius 1 is 1.03 bits per heavy atom. The molecule has 1 aliphatic rings. The van der Waals surface area contributed by atoms with Gasteiger partial charge in [0.05, 0.1) is 22.9 Å². The van der Waals surface area contributed by atoms with E-state index in [2.05, 4.69) is 41.5 Å². The molecule has 5 nitrogen and oxygen atoms in total. The summed E-state index contributed by atoms with van der Waals surface area (Å²) in [4.78, 5) is 7.34. The minimum absolute atomic E-state index is 0.358. The zero-order valence-corrected chi connectivity index (χ0v) is 18.2. The van der Waals surface area contributed by atoms with Crippen LogP contribution in [-0.2, 0) is 9.84 Å². The number of anilines is 1. The molecule has 0 atom stereocenters. The molecule has 152 valence electrons. The zero-order valence-electron chi connectivity index (χ0n) is 16.5. The fourth-order valence-corrected chi connectivity index (χ4v) is 6.20. The smallest absolute Gasteiger partial charge is 0.185 e. The van der Waals surface area contributed by atoms with E-state index in [-0.39, 0.29) is 5.25 Å². The molecule has 3 aromatic rings. The molecule has 2 heterocycles. The lowest BCUT2D eigenvalue weighted by Crippen LogP contribution is -2.39. The van der Waals surface area contributed by atoms with Crippen molar-refractivity contribution in [2.75, 3.05) is 25.1 Å². The van der Waals surface area contributed by atoms with Crippen LogP contribution in [0.3, 0.4) is 0 Å². The molecule has 0 bridgehead atoms. The Hall–Kier alpha value is -2.38. The molecular formula is C22H24N2O3S2. The van der Waals surface area contributed by atoms with E-state index in [4.69, 9.17) is 9.72 Å². The third-order valence-electron chi connectivity index (χ3n) is 5.38. The summed E-state index contributed by atoms with van der Waals surface area (Å²) in [5, 5.41) is 2.67.